The Kier molecular flexibility index (Phi) is 3.27. The van der Waals surface area contributed by atoms with Crippen LogP contribution in [0.4, 0.5) is 0 Å². The lowest BCUT2D eigenvalue weighted by atomic mass is 9.86. The van der Waals surface area contributed by atoms with Gasteiger partial charge in [-0.15, -0.1) is 0 Å². The molecule has 0 spiro atoms. The summed E-state index contributed by atoms with van der Waals surface area (Å²) in [5.41, 5.74) is 0. The molecule has 1 aliphatic rings. The van der Waals surface area contributed by atoms with Gasteiger partial charge in [-0.25, -0.2) is 0 Å². The molecule has 0 N–H and O–H groups in total. The number of carbonyl (C=O) groups is 1. The highest BCUT2D eigenvalue weighted by Crippen LogP contribution is 2.26. The number of hydrogen-bond donors (Lipinski definition) is 0. The van der Waals surface area contributed by atoms with Gasteiger partial charge in [-0.05, 0) is 25.7 Å². The Hall–Kier alpha value is -0.370. The molecule has 1 heterocycles. The van der Waals surface area contributed by atoms with Crippen LogP contribution in [0.2, 0.25) is 0 Å². The van der Waals surface area contributed by atoms with Gasteiger partial charge in [0.25, 0.3) is 0 Å². The first kappa shape index (κ1) is 9.72. The normalized spacial score (nSPS) is 26.2. The van der Waals surface area contributed by atoms with Crippen LogP contribution in [0.3, 0.4) is 0 Å². The van der Waals surface area contributed by atoms with Crippen LogP contribution in [0.15, 0.2) is 0 Å². The van der Waals surface area contributed by atoms with Crippen LogP contribution < -0.4 is 0 Å². The van der Waals surface area contributed by atoms with Gasteiger partial charge in [0, 0.05) is 12.5 Å². The van der Waals surface area contributed by atoms with Gasteiger partial charge < -0.3 is 4.74 Å². The predicted molar refractivity (Wildman–Crippen MR) is 48.0 cm³/mol. The minimum Gasteiger partial charge on any atom is -0.377 e. The van der Waals surface area contributed by atoms with Crippen molar-refractivity contribution < 1.29 is 9.53 Å². The summed E-state index contributed by atoms with van der Waals surface area (Å²) in [5.74, 6) is 0.801. The Bertz CT molecular complexity index is 157. The number of Topliss-reactive ketones (excluding diaryl/α,β-unsaturated/α-hetero) is 1. The van der Waals surface area contributed by atoms with Crippen molar-refractivity contribution in [2.75, 3.05) is 6.61 Å². The van der Waals surface area contributed by atoms with Crippen molar-refractivity contribution in [3.05, 3.63) is 0 Å². The highest BCUT2D eigenvalue weighted by atomic mass is 16.5. The van der Waals surface area contributed by atoms with Gasteiger partial charge in [-0.2, -0.15) is 0 Å². The second-order valence-corrected chi connectivity index (χ2v) is 3.93. The molecule has 70 valence electrons. The molecule has 0 bridgehead atoms. The van der Waals surface area contributed by atoms with Crippen LogP contribution in [0, 0.1) is 11.8 Å². The third-order valence-electron chi connectivity index (χ3n) is 2.55. The van der Waals surface area contributed by atoms with Crippen molar-refractivity contribution >= 4 is 5.78 Å². The van der Waals surface area contributed by atoms with Crippen LogP contribution in [0.5, 0.6) is 0 Å². The summed E-state index contributed by atoms with van der Waals surface area (Å²) in [6.45, 7) is 6.69. The van der Waals surface area contributed by atoms with Crippen LogP contribution in [-0.2, 0) is 9.53 Å². The van der Waals surface area contributed by atoms with Crippen molar-refractivity contribution in [2.45, 2.75) is 39.7 Å². The second kappa shape index (κ2) is 4.04. The van der Waals surface area contributed by atoms with E-state index in [9.17, 15) is 4.79 Å². The summed E-state index contributed by atoms with van der Waals surface area (Å²) in [5, 5.41) is 0. The molecule has 0 saturated carbocycles. The van der Waals surface area contributed by atoms with Gasteiger partial charge in [0.05, 0.1) is 6.10 Å². The van der Waals surface area contributed by atoms with E-state index in [2.05, 4.69) is 13.8 Å². The smallest absolute Gasteiger partial charge is 0.135 e. The first-order valence-corrected chi connectivity index (χ1v) is 4.75. The maximum atomic E-state index is 11.3. The summed E-state index contributed by atoms with van der Waals surface area (Å²) in [4.78, 5) is 11.3. The maximum Gasteiger partial charge on any atom is 0.135 e. The summed E-state index contributed by atoms with van der Waals surface area (Å²) in [6.07, 6.45) is 2.37. The molecule has 0 aromatic rings. The highest BCUT2D eigenvalue weighted by molar-refractivity contribution is 5.79. The van der Waals surface area contributed by atoms with Crippen LogP contribution in [-0.4, -0.2) is 18.5 Å². The lowest BCUT2D eigenvalue weighted by Gasteiger charge is -2.23. The molecule has 1 fully saturated rings. The van der Waals surface area contributed by atoms with Crippen LogP contribution in [0.25, 0.3) is 0 Å². The zero-order valence-electron chi connectivity index (χ0n) is 8.17. The Morgan fingerprint density at radius 2 is 2.17 bits per heavy atom. The van der Waals surface area contributed by atoms with Crippen molar-refractivity contribution in [3.63, 3.8) is 0 Å². The van der Waals surface area contributed by atoms with Gasteiger partial charge in [-0.1, -0.05) is 13.8 Å². The molecule has 1 aliphatic heterocycles. The standard InChI is InChI=1S/C10H18O2/c1-7(2)10(8(3)11)9-5-4-6-12-9/h7,9-10H,4-6H2,1-3H3. The first-order valence-electron chi connectivity index (χ1n) is 4.75. The number of carbonyl (C=O) groups excluding carboxylic acids is 1. The summed E-state index contributed by atoms with van der Waals surface area (Å²) in [6, 6.07) is 0. The molecule has 0 aromatic carbocycles. The first-order chi connectivity index (χ1) is 5.63. The number of ether oxygens (including phenoxy) is 1. The molecule has 0 amide bonds. The fourth-order valence-electron chi connectivity index (χ4n) is 2.05. The third-order valence-corrected chi connectivity index (χ3v) is 2.55. The lowest BCUT2D eigenvalue weighted by Crippen LogP contribution is -2.30. The van der Waals surface area contributed by atoms with Crippen molar-refractivity contribution in [2.24, 2.45) is 11.8 Å². The van der Waals surface area contributed by atoms with Gasteiger partial charge in [0.15, 0.2) is 0 Å². The van der Waals surface area contributed by atoms with Crippen LogP contribution >= 0.6 is 0 Å². The molecule has 2 heteroatoms. The van der Waals surface area contributed by atoms with E-state index in [-0.39, 0.29) is 17.8 Å². The van der Waals surface area contributed by atoms with E-state index in [0.717, 1.165) is 19.4 Å². The van der Waals surface area contributed by atoms with Gasteiger partial charge in [0.2, 0.25) is 0 Å². The molecular formula is C10H18O2. The second-order valence-electron chi connectivity index (χ2n) is 3.93. The molecule has 12 heavy (non-hydrogen) atoms. The van der Waals surface area contributed by atoms with Crippen molar-refractivity contribution in [3.8, 4) is 0 Å². The number of rotatable bonds is 3. The van der Waals surface area contributed by atoms with E-state index < -0.39 is 0 Å². The predicted octanol–water partition coefficient (Wildman–Crippen LogP) is 2.03. The Balaban J connectivity index is 2.58. The number of ketones is 1. The van der Waals surface area contributed by atoms with E-state index >= 15 is 0 Å². The topological polar surface area (TPSA) is 26.3 Å². The van der Waals surface area contributed by atoms with Gasteiger partial charge in [0.1, 0.15) is 5.78 Å². The van der Waals surface area contributed by atoms with Crippen molar-refractivity contribution in [1.82, 2.24) is 0 Å². The Morgan fingerprint density at radius 3 is 2.50 bits per heavy atom. The quantitative estimate of drug-likeness (QED) is 0.647. The van der Waals surface area contributed by atoms with E-state index in [1.807, 2.05) is 0 Å². The molecule has 0 aliphatic carbocycles. The third kappa shape index (κ3) is 2.07. The van der Waals surface area contributed by atoms with Crippen molar-refractivity contribution in [1.29, 1.82) is 0 Å². The molecule has 2 atom stereocenters. The Morgan fingerprint density at radius 1 is 1.50 bits per heavy atom. The molecule has 1 rings (SSSR count). The summed E-state index contributed by atoms with van der Waals surface area (Å²) in [7, 11) is 0. The molecule has 1 saturated heterocycles. The molecule has 2 unspecified atom stereocenters. The molecule has 0 radical (unpaired) electrons. The largest absolute Gasteiger partial charge is 0.377 e. The molecule has 2 nitrogen and oxygen atoms in total. The SMILES string of the molecule is CC(=O)C(C(C)C)C1CCCO1. The van der Waals surface area contributed by atoms with E-state index in [0.29, 0.717) is 5.92 Å². The average molecular weight is 170 g/mol. The lowest BCUT2D eigenvalue weighted by molar-refractivity contribution is -0.126. The zero-order chi connectivity index (χ0) is 9.14. The monoisotopic (exact) mass is 170 g/mol. The fraction of sp³-hybridized carbons (Fsp3) is 0.900. The fourth-order valence-corrected chi connectivity index (χ4v) is 2.05. The Labute approximate surface area is 74.3 Å². The minimum atomic E-state index is 0.118. The maximum absolute atomic E-state index is 11.3. The van der Waals surface area contributed by atoms with Gasteiger partial charge >= 0.3 is 0 Å². The summed E-state index contributed by atoms with van der Waals surface area (Å²) >= 11 is 0. The van der Waals surface area contributed by atoms with E-state index in [1.54, 1.807) is 6.92 Å². The highest BCUT2D eigenvalue weighted by Gasteiger charge is 2.31. The number of hydrogen-bond acceptors (Lipinski definition) is 2. The minimum absolute atomic E-state index is 0.118. The molecular weight excluding hydrogens is 152 g/mol. The molecule has 0 aromatic heterocycles. The zero-order valence-corrected chi connectivity index (χ0v) is 8.17. The van der Waals surface area contributed by atoms with Crippen LogP contribution in [0.1, 0.15) is 33.6 Å². The van der Waals surface area contributed by atoms with Gasteiger partial charge in [-0.3, -0.25) is 4.79 Å². The average Bonchev–Trinajstić information content (AvgIpc) is 2.37. The summed E-state index contributed by atoms with van der Waals surface area (Å²) < 4.78 is 5.52. The van der Waals surface area contributed by atoms with E-state index in [1.165, 1.54) is 0 Å². The van der Waals surface area contributed by atoms with E-state index in [4.69, 9.17) is 4.74 Å².